The normalized spacial score (nSPS) is 12.2. The zero-order valence-electron chi connectivity index (χ0n) is 38.8. The van der Waals surface area contributed by atoms with Crippen molar-refractivity contribution in [1.82, 2.24) is 18.1 Å². The highest BCUT2D eigenvalue weighted by molar-refractivity contribution is 6.28. The van der Waals surface area contributed by atoms with Crippen molar-refractivity contribution in [2.45, 2.75) is 0 Å². The van der Waals surface area contributed by atoms with E-state index in [9.17, 15) is 5.26 Å². The average molecular weight is 914 g/mol. The van der Waals surface area contributed by atoms with Gasteiger partial charge in [-0.15, -0.1) is 0 Å². The van der Waals surface area contributed by atoms with Gasteiger partial charge in [-0.05, 0) is 76.9 Å². The molecule has 0 atom stereocenters. The van der Waals surface area contributed by atoms with Gasteiger partial charge in [-0.3, -0.25) is 0 Å². The number of hydrogen-bond donors (Lipinski definition) is 0. The average Bonchev–Trinajstić information content (AvgIpc) is 4.24. The Bertz CT molecular complexity index is 4780. The van der Waals surface area contributed by atoms with Crippen molar-refractivity contribution in [3.63, 3.8) is 0 Å². The molecule has 0 spiro atoms. The summed E-state index contributed by atoms with van der Waals surface area (Å²) in [4.78, 5) is 0. The number of benzene rings is 11. The van der Waals surface area contributed by atoms with E-state index >= 15 is 0 Å². The van der Waals surface area contributed by atoms with Gasteiger partial charge in [-0.2, -0.15) is 5.26 Å². The predicted octanol–water partition coefficient (Wildman–Crippen LogP) is 17.3. The maximum Gasteiger partial charge on any atom is 0.104 e. The quantitative estimate of drug-likeness (QED) is 0.170. The third kappa shape index (κ3) is 5.09. The van der Waals surface area contributed by atoms with Gasteiger partial charge in [-0.25, -0.2) is 0 Å². The van der Waals surface area contributed by atoms with Crippen LogP contribution in [0.1, 0.15) is 5.56 Å². The SMILES string of the molecule is N#Cc1c(-n2c3ccccc3c3ccccc32)c(-n2c3ccc(-c4ccccc4)cc3c3cc(-c4ccccc4)ccc32)c(-n2c3ccccc3c3ccccc32)c2c3cccc4c5ccccc5n(c12)c43. The van der Waals surface area contributed by atoms with Crippen LogP contribution in [0.3, 0.4) is 0 Å². The van der Waals surface area contributed by atoms with Gasteiger partial charge < -0.3 is 18.1 Å². The van der Waals surface area contributed by atoms with Crippen molar-refractivity contribution >= 4 is 104 Å². The van der Waals surface area contributed by atoms with Crippen molar-refractivity contribution in [2.75, 3.05) is 0 Å². The summed E-state index contributed by atoms with van der Waals surface area (Å²) in [6.45, 7) is 0. The second-order valence-electron chi connectivity index (χ2n) is 19.1. The molecule has 0 fully saturated rings. The molecule has 16 rings (SSSR count). The molecule has 332 valence electrons. The highest BCUT2D eigenvalue weighted by atomic mass is 15.1. The molecule has 11 aromatic carbocycles. The minimum atomic E-state index is 0.603. The lowest BCUT2D eigenvalue weighted by Crippen LogP contribution is -2.12. The van der Waals surface area contributed by atoms with Gasteiger partial charge in [0.15, 0.2) is 0 Å². The van der Waals surface area contributed by atoms with Gasteiger partial charge in [0, 0.05) is 53.9 Å². The molecule has 0 saturated heterocycles. The lowest BCUT2D eigenvalue weighted by Gasteiger charge is -2.25. The molecular weight excluding hydrogens is 875 g/mol. The van der Waals surface area contributed by atoms with Gasteiger partial charge in [0.25, 0.3) is 0 Å². The summed E-state index contributed by atoms with van der Waals surface area (Å²) in [5.74, 6) is 0. The Morgan fingerprint density at radius 1 is 0.264 bits per heavy atom. The van der Waals surface area contributed by atoms with Crippen LogP contribution < -0.4 is 0 Å². The van der Waals surface area contributed by atoms with Gasteiger partial charge in [0.05, 0.1) is 66.7 Å². The van der Waals surface area contributed by atoms with Crippen molar-refractivity contribution in [1.29, 1.82) is 5.26 Å². The smallest absolute Gasteiger partial charge is 0.104 e. The first kappa shape index (κ1) is 39.0. The molecule has 0 radical (unpaired) electrons. The van der Waals surface area contributed by atoms with E-state index in [1.165, 1.54) is 10.8 Å². The van der Waals surface area contributed by atoms with E-state index in [1.54, 1.807) is 0 Å². The first-order chi connectivity index (χ1) is 35.7. The molecule has 0 bridgehead atoms. The van der Waals surface area contributed by atoms with Crippen LogP contribution in [-0.2, 0) is 0 Å². The van der Waals surface area contributed by atoms with Crippen LogP contribution in [0.5, 0.6) is 0 Å². The first-order valence-electron chi connectivity index (χ1n) is 24.6. The molecule has 72 heavy (non-hydrogen) atoms. The molecule has 0 unspecified atom stereocenters. The number of para-hydroxylation sites is 6. The number of fused-ring (bicyclic) bond motifs is 15. The standard InChI is InChI=1S/C67H39N5/c68-40-54-64-62(51-28-17-27-50-49-26-11-16-33-59(49)72(64)63(50)51)66(70-57-31-14-9-24-47(57)48-25-10-15-32-58(48)70)67(65(54)69-55-29-12-7-22-45(55)46-23-8-13-30-56(46)69)71-60-36-34-43(41-18-3-1-4-19-41)38-52(60)53-39-44(35-37-61(53)71)42-20-5-2-6-21-42/h1-39H. The van der Waals surface area contributed by atoms with Crippen molar-refractivity contribution in [3.8, 4) is 45.4 Å². The predicted molar refractivity (Wildman–Crippen MR) is 300 cm³/mol. The zero-order valence-corrected chi connectivity index (χ0v) is 38.8. The molecule has 0 N–H and O–H groups in total. The summed E-state index contributed by atoms with van der Waals surface area (Å²) in [7, 11) is 0. The Kier molecular flexibility index (Phi) is 7.89. The number of aromatic nitrogens is 4. The molecule has 0 aliphatic heterocycles. The molecule has 0 saturated carbocycles. The molecular formula is C67H39N5. The Labute approximate surface area is 412 Å². The van der Waals surface area contributed by atoms with E-state index in [0.717, 1.165) is 132 Å². The largest absolute Gasteiger partial charge is 0.306 e. The molecule has 5 aromatic heterocycles. The highest BCUT2D eigenvalue weighted by Crippen LogP contribution is 2.52. The van der Waals surface area contributed by atoms with Gasteiger partial charge in [0.2, 0.25) is 0 Å². The van der Waals surface area contributed by atoms with Crippen LogP contribution in [0.2, 0.25) is 0 Å². The summed E-state index contributed by atoms with van der Waals surface area (Å²) in [6.07, 6.45) is 0. The molecule has 0 aliphatic carbocycles. The van der Waals surface area contributed by atoms with E-state index in [2.05, 4.69) is 261 Å². The lowest BCUT2D eigenvalue weighted by molar-refractivity contribution is 1.06. The number of rotatable bonds is 5. The fourth-order valence-corrected chi connectivity index (χ4v) is 12.6. The Hall–Kier alpha value is -9.89. The molecule has 5 heteroatoms. The second-order valence-corrected chi connectivity index (χ2v) is 19.1. The second kappa shape index (κ2) is 14.6. The van der Waals surface area contributed by atoms with Crippen LogP contribution in [0.15, 0.2) is 237 Å². The number of nitriles is 1. The van der Waals surface area contributed by atoms with Gasteiger partial charge in [-0.1, -0.05) is 182 Å². The summed E-state index contributed by atoms with van der Waals surface area (Å²) in [6, 6.07) is 88.6. The Balaban J connectivity index is 1.23. The van der Waals surface area contributed by atoms with E-state index in [0.29, 0.717) is 5.56 Å². The monoisotopic (exact) mass is 913 g/mol. The summed E-state index contributed by atoms with van der Waals surface area (Å²) in [5.41, 5.74) is 17.4. The highest BCUT2D eigenvalue weighted by Gasteiger charge is 2.34. The van der Waals surface area contributed by atoms with Crippen molar-refractivity contribution in [3.05, 3.63) is 242 Å². The minimum Gasteiger partial charge on any atom is -0.306 e. The molecule has 0 amide bonds. The third-order valence-corrected chi connectivity index (χ3v) is 15.5. The molecule has 16 aromatic rings. The van der Waals surface area contributed by atoms with E-state index < -0.39 is 0 Å². The molecule has 5 nitrogen and oxygen atoms in total. The number of hydrogen-bond acceptors (Lipinski definition) is 1. The number of nitrogens with zero attached hydrogens (tertiary/aromatic N) is 5. The van der Waals surface area contributed by atoms with E-state index in [4.69, 9.17) is 0 Å². The summed E-state index contributed by atoms with van der Waals surface area (Å²) >= 11 is 0. The topological polar surface area (TPSA) is 43.0 Å². The molecule has 0 aliphatic rings. The van der Waals surface area contributed by atoms with Crippen LogP contribution in [-0.4, -0.2) is 18.1 Å². The van der Waals surface area contributed by atoms with Crippen LogP contribution in [0.25, 0.3) is 143 Å². The zero-order chi connectivity index (χ0) is 47.2. The first-order valence-corrected chi connectivity index (χ1v) is 24.6. The van der Waals surface area contributed by atoms with Crippen LogP contribution in [0, 0.1) is 11.3 Å². The van der Waals surface area contributed by atoms with Gasteiger partial charge >= 0.3 is 0 Å². The van der Waals surface area contributed by atoms with Gasteiger partial charge in [0.1, 0.15) is 11.6 Å². The lowest BCUT2D eigenvalue weighted by atomic mass is 9.99. The summed E-state index contributed by atoms with van der Waals surface area (Å²) < 4.78 is 9.81. The fraction of sp³-hybridized carbons (Fsp3) is 0. The Morgan fingerprint density at radius 3 is 1.12 bits per heavy atom. The summed E-state index contributed by atoms with van der Waals surface area (Å²) in [5, 5.41) is 23.7. The van der Waals surface area contributed by atoms with Crippen molar-refractivity contribution < 1.29 is 0 Å². The molecule has 5 heterocycles. The van der Waals surface area contributed by atoms with Crippen LogP contribution in [0.4, 0.5) is 0 Å². The maximum atomic E-state index is 12.4. The Morgan fingerprint density at radius 2 is 0.639 bits per heavy atom. The van der Waals surface area contributed by atoms with E-state index in [1.807, 2.05) is 0 Å². The third-order valence-electron chi connectivity index (χ3n) is 15.5. The van der Waals surface area contributed by atoms with Crippen LogP contribution >= 0.6 is 0 Å². The minimum absolute atomic E-state index is 0.603. The maximum absolute atomic E-state index is 12.4. The fourth-order valence-electron chi connectivity index (χ4n) is 12.6. The van der Waals surface area contributed by atoms with E-state index in [-0.39, 0.29) is 0 Å². The van der Waals surface area contributed by atoms with Crippen molar-refractivity contribution in [2.24, 2.45) is 0 Å².